The zero-order chi connectivity index (χ0) is 26.0. The molecule has 0 saturated carbocycles. The van der Waals surface area contributed by atoms with Crippen molar-refractivity contribution >= 4 is 17.8 Å². The number of methoxy groups -OCH3 is 1. The number of Topliss-reactive ketones (excluding diaryl/α,β-unsaturated/α-hetero) is 1. The number of carbonyl (C=O) groups excluding carboxylic acids is 1. The highest BCUT2D eigenvalue weighted by atomic mass is 16.5. The zero-order valence-corrected chi connectivity index (χ0v) is 20.9. The molecule has 0 unspecified atom stereocenters. The monoisotopic (exact) mass is 488 g/mol. The summed E-state index contributed by atoms with van der Waals surface area (Å²) in [7, 11) is 1.60. The molecule has 4 rings (SSSR count). The Morgan fingerprint density at radius 2 is 1.64 bits per heavy atom. The molecular weight excluding hydrogens is 460 g/mol. The van der Waals surface area contributed by atoms with Crippen molar-refractivity contribution in [1.29, 1.82) is 0 Å². The molecule has 0 fully saturated rings. The molecule has 1 aliphatic rings. The van der Waals surface area contributed by atoms with Crippen LogP contribution in [-0.4, -0.2) is 29.6 Å². The zero-order valence-electron chi connectivity index (χ0n) is 20.9. The summed E-state index contributed by atoms with van der Waals surface area (Å²) in [6, 6.07) is 16.3. The maximum atomic E-state index is 12.8. The van der Waals surface area contributed by atoms with Crippen molar-refractivity contribution in [2.45, 2.75) is 39.9 Å². The first-order valence-electron chi connectivity index (χ1n) is 11.4. The third-order valence-corrected chi connectivity index (χ3v) is 5.85. The third kappa shape index (κ3) is 5.20. The van der Waals surface area contributed by atoms with E-state index in [1.807, 2.05) is 50.2 Å². The van der Waals surface area contributed by atoms with Crippen LogP contribution in [0.5, 0.6) is 23.0 Å². The maximum absolute atomic E-state index is 12.8. The van der Waals surface area contributed by atoms with E-state index in [9.17, 15) is 14.7 Å². The molecular formula is C29H28O7. The smallest absolute Gasteiger partial charge is 0.347 e. The number of hydrogen-bond acceptors (Lipinski definition) is 6. The van der Waals surface area contributed by atoms with Crippen molar-refractivity contribution in [3.8, 4) is 23.0 Å². The molecule has 7 nitrogen and oxygen atoms in total. The first-order valence-corrected chi connectivity index (χ1v) is 11.4. The van der Waals surface area contributed by atoms with Crippen LogP contribution in [-0.2, 0) is 11.4 Å². The molecule has 36 heavy (non-hydrogen) atoms. The van der Waals surface area contributed by atoms with E-state index < -0.39 is 11.6 Å². The SMILES string of the molecule is COc1ccc(/C=C2\Oc3cc(OCc4cc(C)c(OC(C)(C)C(=O)O)c(C)c4)ccc3C2=O)cc1. The van der Waals surface area contributed by atoms with E-state index in [0.717, 1.165) is 28.0 Å². The Kier molecular flexibility index (Phi) is 6.75. The number of benzene rings is 3. The minimum atomic E-state index is -1.34. The number of rotatable bonds is 8. The number of allylic oxidation sites excluding steroid dienone is 1. The molecule has 0 bridgehead atoms. The highest BCUT2D eigenvalue weighted by molar-refractivity contribution is 6.14. The number of hydrogen-bond donors (Lipinski definition) is 1. The molecule has 3 aromatic rings. The van der Waals surface area contributed by atoms with E-state index in [-0.39, 0.29) is 18.1 Å². The topological polar surface area (TPSA) is 91.3 Å². The summed E-state index contributed by atoms with van der Waals surface area (Å²) in [5, 5.41) is 9.36. The van der Waals surface area contributed by atoms with Crippen LogP contribution in [0.15, 0.2) is 60.4 Å². The number of ketones is 1. The molecule has 1 aliphatic heterocycles. The predicted octanol–water partition coefficient (Wildman–Crippen LogP) is 5.75. The molecule has 186 valence electrons. The van der Waals surface area contributed by atoms with Crippen LogP contribution in [0.4, 0.5) is 0 Å². The van der Waals surface area contributed by atoms with Gasteiger partial charge in [0.25, 0.3) is 0 Å². The predicted molar refractivity (Wildman–Crippen MR) is 135 cm³/mol. The van der Waals surface area contributed by atoms with Crippen LogP contribution < -0.4 is 18.9 Å². The quantitative estimate of drug-likeness (QED) is 0.404. The van der Waals surface area contributed by atoms with Crippen LogP contribution in [0.25, 0.3) is 6.08 Å². The Hall–Kier alpha value is -4.26. The summed E-state index contributed by atoms with van der Waals surface area (Å²) < 4.78 is 22.7. The first-order chi connectivity index (χ1) is 17.1. The lowest BCUT2D eigenvalue weighted by Crippen LogP contribution is -2.38. The molecule has 1 N–H and O–H groups in total. The van der Waals surface area contributed by atoms with E-state index in [0.29, 0.717) is 22.8 Å². The van der Waals surface area contributed by atoms with Gasteiger partial charge in [-0.3, -0.25) is 4.79 Å². The molecule has 0 amide bonds. The number of carboxylic acids is 1. The fraction of sp³-hybridized carbons (Fsp3) is 0.241. The second-order valence-corrected chi connectivity index (χ2v) is 9.14. The molecule has 0 atom stereocenters. The molecule has 0 aromatic heterocycles. The summed E-state index contributed by atoms with van der Waals surface area (Å²) >= 11 is 0. The summed E-state index contributed by atoms with van der Waals surface area (Å²) in [5.41, 5.74) is 2.52. The number of fused-ring (bicyclic) bond motifs is 1. The second kappa shape index (κ2) is 9.77. The van der Waals surface area contributed by atoms with Gasteiger partial charge >= 0.3 is 5.97 Å². The molecule has 0 spiro atoms. The van der Waals surface area contributed by atoms with Crippen molar-refractivity contribution in [1.82, 2.24) is 0 Å². The largest absolute Gasteiger partial charge is 0.497 e. The van der Waals surface area contributed by atoms with Gasteiger partial charge in [-0.15, -0.1) is 0 Å². The van der Waals surface area contributed by atoms with Crippen molar-refractivity contribution in [2.24, 2.45) is 0 Å². The van der Waals surface area contributed by atoms with E-state index in [2.05, 4.69) is 0 Å². The number of aryl methyl sites for hydroxylation is 2. The normalized spacial score (nSPS) is 13.8. The van der Waals surface area contributed by atoms with E-state index in [1.165, 1.54) is 13.8 Å². The van der Waals surface area contributed by atoms with Gasteiger partial charge in [0, 0.05) is 6.07 Å². The number of ether oxygens (including phenoxy) is 4. The molecule has 7 heteroatoms. The van der Waals surface area contributed by atoms with Gasteiger partial charge in [0.2, 0.25) is 5.78 Å². The highest BCUT2D eigenvalue weighted by Gasteiger charge is 2.31. The summed E-state index contributed by atoms with van der Waals surface area (Å²) in [6.45, 7) is 7.06. The van der Waals surface area contributed by atoms with Crippen molar-refractivity contribution in [3.05, 3.63) is 88.2 Å². The van der Waals surface area contributed by atoms with Gasteiger partial charge in [0.05, 0.1) is 12.7 Å². The van der Waals surface area contributed by atoms with E-state index in [1.54, 1.807) is 31.4 Å². The van der Waals surface area contributed by atoms with Gasteiger partial charge in [-0.2, -0.15) is 0 Å². The lowest BCUT2D eigenvalue weighted by atomic mass is 10.0. The molecule has 0 aliphatic carbocycles. The van der Waals surface area contributed by atoms with Gasteiger partial charge in [-0.1, -0.05) is 12.1 Å². The Bertz CT molecular complexity index is 1330. The van der Waals surface area contributed by atoms with E-state index >= 15 is 0 Å². The van der Waals surface area contributed by atoms with Crippen LogP contribution in [0.1, 0.15) is 46.5 Å². The standard InChI is InChI=1S/C29H28O7/c1-17-12-20(13-18(2)27(17)36-29(3,4)28(31)32)16-34-22-10-11-23-24(15-22)35-25(26(23)30)14-19-6-8-21(33-5)9-7-19/h6-15H,16H2,1-5H3,(H,31,32)/b25-14-. The van der Waals surface area contributed by atoms with Gasteiger partial charge in [0.1, 0.15) is 29.6 Å². The van der Waals surface area contributed by atoms with Crippen LogP contribution in [0, 0.1) is 13.8 Å². The Morgan fingerprint density at radius 1 is 1.00 bits per heavy atom. The minimum absolute atomic E-state index is 0.182. The lowest BCUT2D eigenvalue weighted by molar-refractivity contribution is -0.152. The van der Waals surface area contributed by atoms with Crippen LogP contribution in [0.2, 0.25) is 0 Å². The van der Waals surface area contributed by atoms with Gasteiger partial charge < -0.3 is 24.1 Å². The van der Waals surface area contributed by atoms with Crippen LogP contribution in [0.3, 0.4) is 0 Å². The lowest BCUT2D eigenvalue weighted by Gasteiger charge is -2.24. The number of carbonyl (C=O) groups is 2. The third-order valence-electron chi connectivity index (χ3n) is 5.85. The first kappa shape index (κ1) is 24.9. The van der Waals surface area contributed by atoms with Gasteiger partial charge in [-0.25, -0.2) is 4.79 Å². The fourth-order valence-corrected chi connectivity index (χ4v) is 3.86. The summed E-state index contributed by atoms with van der Waals surface area (Å²) in [4.78, 5) is 24.2. The minimum Gasteiger partial charge on any atom is -0.497 e. The summed E-state index contributed by atoms with van der Waals surface area (Å²) in [6.07, 6.45) is 1.70. The average molecular weight is 489 g/mol. The van der Waals surface area contributed by atoms with Crippen LogP contribution >= 0.6 is 0 Å². The summed E-state index contributed by atoms with van der Waals surface area (Å²) in [5.74, 6) is 1.33. The van der Waals surface area contributed by atoms with Crippen molar-refractivity contribution in [3.63, 3.8) is 0 Å². The molecule has 0 saturated heterocycles. The number of carboxylic acid groups (broad SMARTS) is 1. The van der Waals surface area contributed by atoms with Gasteiger partial charge in [0.15, 0.2) is 11.4 Å². The Morgan fingerprint density at radius 3 is 2.25 bits per heavy atom. The average Bonchev–Trinajstić information content (AvgIpc) is 3.14. The second-order valence-electron chi connectivity index (χ2n) is 9.14. The Balaban J connectivity index is 1.46. The number of aliphatic carboxylic acids is 1. The maximum Gasteiger partial charge on any atom is 0.347 e. The van der Waals surface area contributed by atoms with Gasteiger partial charge in [-0.05, 0) is 92.4 Å². The molecule has 0 radical (unpaired) electrons. The molecule has 1 heterocycles. The van der Waals surface area contributed by atoms with Crippen molar-refractivity contribution in [2.75, 3.05) is 7.11 Å². The molecule has 3 aromatic carbocycles. The Labute approximate surface area is 209 Å². The van der Waals surface area contributed by atoms with E-state index in [4.69, 9.17) is 18.9 Å². The highest BCUT2D eigenvalue weighted by Crippen LogP contribution is 2.35. The van der Waals surface area contributed by atoms with Crippen molar-refractivity contribution < 1.29 is 33.6 Å². The fourth-order valence-electron chi connectivity index (χ4n) is 3.86.